The van der Waals surface area contributed by atoms with Crippen LogP contribution < -0.4 is 10.6 Å². The van der Waals surface area contributed by atoms with E-state index in [0.717, 1.165) is 0 Å². The molecule has 0 saturated heterocycles. The Kier molecular flexibility index (Phi) is 5.15. The van der Waals surface area contributed by atoms with Gasteiger partial charge in [0.25, 0.3) is 0 Å². The summed E-state index contributed by atoms with van der Waals surface area (Å²) in [6.07, 6.45) is 1.74. The van der Waals surface area contributed by atoms with E-state index in [1.165, 1.54) is 11.3 Å². The highest BCUT2D eigenvalue weighted by Crippen LogP contribution is 2.20. The number of oxazole rings is 1. The lowest BCUT2D eigenvalue weighted by Crippen LogP contribution is -2.27. The molecule has 7 nitrogen and oxygen atoms in total. The quantitative estimate of drug-likeness (QED) is 0.873. The number of hydrogen-bond donors (Lipinski definition) is 2. The molecule has 0 aliphatic heterocycles. The summed E-state index contributed by atoms with van der Waals surface area (Å²) in [4.78, 5) is 32.0. The van der Waals surface area contributed by atoms with E-state index < -0.39 is 5.41 Å². The first-order valence-corrected chi connectivity index (χ1v) is 8.06. The summed E-state index contributed by atoms with van der Waals surface area (Å²) in [7, 11) is 0. The van der Waals surface area contributed by atoms with Gasteiger partial charge in [0.2, 0.25) is 17.7 Å². The van der Waals surface area contributed by atoms with Gasteiger partial charge in [-0.2, -0.15) is 0 Å². The van der Waals surface area contributed by atoms with Crippen molar-refractivity contribution < 1.29 is 14.0 Å². The Morgan fingerprint density at radius 3 is 2.70 bits per heavy atom. The summed E-state index contributed by atoms with van der Waals surface area (Å²) >= 11 is 1.30. The molecule has 2 N–H and O–H groups in total. The predicted octanol–water partition coefficient (Wildman–Crippen LogP) is 2.28. The number of nitrogens with zero attached hydrogens (tertiary/aromatic N) is 2. The van der Waals surface area contributed by atoms with Crippen LogP contribution in [0.2, 0.25) is 0 Å². The van der Waals surface area contributed by atoms with E-state index in [2.05, 4.69) is 20.6 Å². The first kappa shape index (κ1) is 17.1. The number of amides is 2. The lowest BCUT2D eigenvalue weighted by Gasteiger charge is -2.15. The minimum atomic E-state index is -0.489. The molecule has 0 atom stereocenters. The standard InChI is InChI=1S/C15H20N4O3S/c1-9-6-17-12(22-9)7-16-11(20)5-10-8-23-14(18-10)19-13(21)15(2,3)4/h6,8H,5,7H2,1-4H3,(H,16,20)(H,18,19,21). The maximum absolute atomic E-state index is 11.9. The molecule has 0 aromatic carbocycles. The number of anilines is 1. The summed E-state index contributed by atoms with van der Waals surface area (Å²) < 4.78 is 5.28. The Balaban J connectivity index is 1.84. The largest absolute Gasteiger partial charge is 0.444 e. The summed E-state index contributed by atoms with van der Waals surface area (Å²) in [6, 6.07) is 0. The second-order valence-electron chi connectivity index (χ2n) is 6.17. The normalized spacial score (nSPS) is 11.3. The van der Waals surface area contributed by atoms with Gasteiger partial charge < -0.3 is 15.1 Å². The third-order valence-electron chi connectivity index (χ3n) is 2.90. The Hall–Kier alpha value is -2.22. The minimum absolute atomic E-state index is 0.109. The molecular formula is C15H20N4O3S. The van der Waals surface area contributed by atoms with Crippen molar-refractivity contribution in [1.82, 2.24) is 15.3 Å². The van der Waals surface area contributed by atoms with Crippen molar-refractivity contribution in [3.8, 4) is 0 Å². The molecule has 2 aromatic rings. The van der Waals surface area contributed by atoms with Crippen molar-refractivity contribution in [3.63, 3.8) is 0 Å². The van der Waals surface area contributed by atoms with Gasteiger partial charge in [0, 0.05) is 10.8 Å². The SMILES string of the molecule is Cc1cnc(CNC(=O)Cc2csc(NC(=O)C(C)(C)C)n2)o1. The van der Waals surface area contributed by atoms with Crippen LogP contribution in [0.15, 0.2) is 16.0 Å². The number of carbonyl (C=O) groups excluding carboxylic acids is 2. The lowest BCUT2D eigenvalue weighted by molar-refractivity contribution is -0.123. The van der Waals surface area contributed by atoms with Gasteiger partial charge in [-0.1, -0.05) is 20.8 Å². The molecule has 2 amide bonds. The van der Waals surface area contributed by atoms with Crippen LogP contribution >= 0.6 is 11.3 Å². The molecule has 2 rings (SSSR count). The number of aryl methyl sites for hydroxylation is 1. The van der Waals surface area contributed by atoms with E-state index >= 15 is 0 Å². The summed E-state index contributed by atoms with van der Waals surface area (Å²) in [5.74, 6) is 0.877. The monoisotopic (exact) mass is 336 g/mol. The van der Waals surface area contributed by atoms with Gasteiger partial charge in [-0.3, -0.25) is 9.59 Å². The first-order valence-electron chi connectivity index (χ1n) is 7.18. The number of nitrogens with one attached hydrogen (secondary N) is 2. The van der Waals surface area contributed by atoms with Gasteiger partial charge in [-0.25, -0.2) is 9.97 Å². The molecule has 23 heavy (non-hydrogen) atoms. The van der Waals surface area contributed by atoms with Crippen molar-refractivity contribution in [2.24, 2.45) is 5.41 Å². The van der Waals surface area contributed by atoms with E-state index in [0.29, 0.717) is 22.5 Å². The Morgan fingerprint density at radius 2 is 2.09 bits per heavy atom. The third kappa shape index (κ3) is 5.17. The molecule has 8 heteroatoms. The molecule has 0 bridgehead atoms. The van der Waals surface area contributed by atoms with E-state index in [1.807, 2.05) is 20.8 Å². The predicted molar refractivity (Wildman–Crippen MR) is 87.0 cm³/mol. The van der Waals surface area contributed by atoms with E-state index in [4.69, 9.17) is 4.42 Å². The van der Waals surface area contributed by atoms with E-state index in [9.17, 15) is 9.59 Å². The van der Waals surface area contributed by atoms with Crippen molar-refractivity contribution in [2.45, 2.75) is 40.7 Å². The maximum atomic E-state index is 11.9. The summed E-state index contributed by atoms with van der Waals surface area (Å²) in [5, 5.41) is 7.72. The zero-order valence-electron chi connectivity index (χ0n) is 13.6. The Bertz CT molecular complexity index is 700. The molecule has 0 aliphatic rings. The fraction of sp³-hybridized carbons (Fsp3) is 0.467. The average Bonchev–Trinajstić information content (AvgIpc) is 3.05. The number of hydrogen-bond acceptors (Lipinski definition) is 6. The molecule has 0 saturated carbocycles. The van der Waals surface area contributed by atoms with Gasteiger partial charge in [-0.05, 0) is 6.92 Å². The van der Waals surface area contributed by atoms with Crippen LogP contribution in [-0.2, 0) is 22.6 Å². The molecule has 0 aliphatic carbocycles. The molecule has 0 spiro atoms. The molecular weight excluding hydrogens is 316 g/mol. The van der Waals surface area contributed by atoms with Crippen molar-refractivity contribution in [3.05, 3.63) is 28.9 Å². The Labute approximate surface area is 138 Å². The topological polar surface area (TPSA) is 97.1 Å². The van der Waals surface area contributed by atoms with Crippen LogP contribution in [0.3, 0.4) is 0 Å². The number of aromatic nitrogens is 2. The highest BCUT2D eigenvalue weighted by molar-refractivity contribution is 7.13. The number of thiazole rings is 1. The highest BCUT2D eigenvalue weighted by Gasteiger charge is 2.22. The van der Waals surface area contributed by atoms with Crippen LogP contribution in [0.1, 0.15) is 38.1 Å². The van der Waals surface area contributed by atoms with Gasteiger partial charge in [-0.15, -0.1) is 11.3 Å². The van der Waals surface area contributed by atoms with E-state index in [-0.39, 0.29) is 24.8 Å². The van der Waals surface area contributed by atoms with Crippen molar-refractivity contribution in [2.75, 3.05) is 5.32 Å². The molecule has 0 radical (unpaired) electrons. The minimum Gasteiger partial charge on any atom is -0.444 e. The van der Waals surface area contributed by atoms with E-state index in [1.54, 1.807) is 18.5 Å². The van der Waals surface area contributed by atoms with Gasteiger partial charge in [0.05, 0.1) is 24.9 Å². The van der Waals surface area contributed by atoms with Gasteiger partial charge >= 0.3 is 0 Å². The zero-order chi connectivity index (χ0) is 17.0. The van der Waals surface area contributed by atoms with Gasteiger partial charge in [0.1, 0.15) is 5.76 Å². The first-order chi connectivity index (χ1) is 10.7. The third-order valence-corrected chi connectivity index (χ3v) is 3.71. The van der Waals surface area contributed by atoms with Crippen LogP contribution in [0.4, 0.5) is 5.13 Å². The number of carbonyl (C=O) groups is 2. The lowest BCUT2D eigenvalue weighted by atomic mass is 9.96. The summed E-state index contributed by atoms with van der Waals surface area (Å²) in [5.41, 5.74) is 0.123. The van der Waals surface area contributed by atoms with Crippen LogP contribution in [0.25, 0.3) is 0 Å². The smallest absolute Gasteiger partial charge is 0.231 e. The van der Waals surface area contributed by atoms with Crippen molar-refractivity contribution in [1.29, 1.82) is 0 Å². The van der Waals surface area contributed by atoms with Crippen molar-refractivity contribution >= 4 is 28.3 Å². The number of rotatable bonds is 5. The fourth-order valence-electron chi connectivity index (χ4n) is 1.61. The molecule has 2 heterocycles. The van der Waals surface area contributed by atoms with Crippen LogP contribution in [-0.4, -0.2) is 21.8 Å². The highest BCUT2D eigenvalue weighted by atomic mass is 32.1. The molecule has 124 valence electrons. The average molecular weight is 336 g/mol. The Morgan fingerprint density at radius 1 is 1.35 bits per heavy atom. The second kappa shape index (κ2) is 6.91. The summed E-state index contributed by atoms with van der Waals surface area (Å²) in [6.45, 7) is 7.52. The maximum Gasteiger partial charge on any atom is 0.231 e. The van der Waals surface area contributed by atoms with Gasteiger partial charge in [0.15, 0.2) is 5.13 Å². The van der Waals surface area contributed by atoms with Crippen LogP contribution in [0, 0.1) is 12.3 Å². The van der Waals surface area contributed by atoms with Crippen LogP contribution in [0.5, 0.6) is 0 Å². The molecule has 2 aromatic heterocycles. The fourth-order valence-corrected chi connectivity index (χ4v) is 2.32. The molecule has 0 fully saturated rings. The molecule has 0 unspecified atom stereocenters. The zero-order valence-corrected chi connectivity index (χ0v) is 14.4. The second-order valence-corrected chi connectivity index (χ2v) is 7.02.